The van der Waals surface area contributed by atoms with Crippen molar-refractivity contribution in [1.82, 2.24) is 5.32 Å². The summed E-state index contributed by atoms with van der Waals surface area (Å²) in [6.07, 6.45) is 5.19. The van der Waals surface area contributed by atoms with E-state index in [1.54, 1.807) is 7.11 Å². The first-order valence-corrected chi connectivity index (χ1v) is 8.90. The van der Waals surface area contributed by atoms with Gasteiger partial charge in [-0.3, -0.25) is 0 Å². The van der Waals surface area contributed by atoms with Crippen LogP contribution < -0.4 is 14.8 Å². The van der Waals surface area contributed by atoms with Crippen LogP contribution in [0, 0.1) is 0 Å². The van der Waals surface area contributed by atoms with E-state index in [0.717, 1.165) is 17.7 Å². The molecule has 0 unspecified atom stereocenters. The second kappa shape index (κ2) is 9.91. The van der Waals surface area contributed by atoms with E-state index in [-0.39, 0.29) is 12.4 Å². The molecular weight excluding hydrogens is 357 g/mol. The van der Waals surface area contributed by atoms with Gasteiger partial charge in [0, 0.05) is 12.6 Å². The Morgan fingerprint density at radius 1 is 1.08 bits per heavy atom. The Balaban J connectivity index is 0.00000225. The number of hydrogen-bond acceptors (Lipinski definition) is 3. The van der Waals surface area contributed by atoms with Crippen molar-refractivity contribution >= 4 is 24.0 Å². The number of hydrogen-bond donors (Lipinski definition) is 1. The quantitative estimate of drug-likeness (QED) is 0.697. The fourth-order valence-electron chi connectivity index (χ4n) is 3.14. The molecule has 0 aliphatic heterocycles. The van der Waals surface area contributed by atoms with Crippen molar-refractivity contribution in [3.8, 4) is 11.5 Å². The number of ether oxygens (including phenoxy) is 2. The Morgan fingerprint density at radius 3 is 2.48 bits per heavy atom. The van der Waals surface area contributed by atoms with Gasteiger partial charge in [-0.15, -0.1) is 12.4 Å². The van der Waals surface area contributed by atoms with Gasteiger partial charge in [0.1, 0.15) is 6.61 Å². The molecule has 3 rings (SSSR count). The highest BCUT2D eigenvalue weighted by Gasteiger charge is 2.16. The lowest BCUT2D eigenvalue weighted by Crippen LogP contribution is -2.25. The highest BCUT2D eigenvalue weighted by molar-refractivity contribution is 6.32. The molecule has 0 amide bonds. The largest absolute Gasteiger partial charge is 0.493 e. The van der Waals surface area contributed by atoms with Gasteiger partial charge in [-0.05, 0) is 36.1 Å². The van der Waals surface area contributed by atoms with E-state index in [1.165, 1.54) is 25.7 Å². The monoisotopic (exact) mass is 381 g/mol. The molecule has 1 aliphatic rings. The molecule has 1 aliphatic carbocycles. The molecule has 0 saturated heterocycles. The fourth-order valence-corrected chi connectivity index (χ4v) is 3.43. The van der Waals surface area contributed by atoms with E-state index >= 15 is 0 Å². The first-order chi connectivity index (χ1) is 11.8. The summed E-state index contributed by atoms with van der Waals surface area (Å²) in [7, 11) is 1.65. The lowest BCUT2D eigenvalue weighted by atomic mass is 10.1. The average molecular weight is 382 g/mol. The third-order valence-corrected chi connectivity index (χ3v) is 4.75. The maximum atomic E-state index is 6.44. The van der Waals surface area contributed by atoms with E-state index in [0.29, 0.717) is 29.2 Å². The van der Waals surface area contributed by atoms with Crippen LogP contribution in [0.1, 0.15) is 36.8 Å². The van der Waals surface area contributed by atoms with Gasteiger partial charge in [-0.25, -0.2) is 0 Å². The average Bonchev–Trinajstić information content (AvgIpc) is 3.13. The molecular formula is C20H25Cl2NO2. The van der Waals surface area contributed by atoms with Crippen molar-refractivity contribution in [2.75, 3.05) is 7.11 Å². The van der Waals surface area contributed by atoms with Gasteiger partial charge in [-0.1, -0.05) is 54.8 Å². The van der Waals surface area contributed by atoms with Crippen molar-refractivity contribution < 1.29 is 9.47 Å². The Labute approximate surface area is 161 Å². The second-order valence-electron chi connectivity index (χ2n) is 6.25. The summed E-state index contributed by atoms with van der Waals surface area (Å²) in [5.74, 6) is 1.29. The molecule has 25 heavy (non-hydrogen) atoms. The molecule has 5 heteroatoms. The Bertz CT molecular complexity index is 658. The summed E-state index contributed by atoms with van der Waals surface area (Å²) in [6, 6.07) is 14.6. The van der Waals surface area contributed by atoms with Crippen LogP contribution in [-0.4, -0.2) is 13.2 Å². The highest BCUT2D eigenvalue weighted by Crippen LogP contribution is 2.37. The molecule has 1 saturated carbocycles. The van der Waals surface area contributed by atoms with Crippen LogP contribution in [0.5, 0.6) is 11.5 Å². The maximum absolute atomic E-state index is 6.44. The summed E-state index contributed by atoms with van der Waals surface area (Å²) in [5, 5.41) is 4.19. The van der Waals surface area contributed by atoms with Crippen LogP contribution in [0.4, 0.5) is 0 Å². The zero-order valence-electron chi connectivity index (χ0n) is 14.5. The first kappa shape index (κ1) is 19.9. The van der Waals surface area contributed by atoms with Gasteiger partial charge < -0.3 is 14.8 Å². The summed E-state index contributed by atoms with van der Waals surface area (Å²) in [5.41, 5.74) is 2.22. The van der Waals surface area contributed by atoms with E-state index in [4.69, 9.17) is 21.1 Å². The van der Waals surface area contributed by atoms with Crippen molar-refractivity contribution in [2.45, 2.75) is 44.9 Å². The number of nitrogens with one attached hydrogen (secondary N) is 1. The Kier molecular flexibility index (Phi) is 7.89. The molecule has 3 nitrogen and oxygen atoms in total. The normalized spacial score (nSPS) is 14.2. The van der Waals surface area contributed by atoms with Crippen LogP contribution in [-0.2, 0) is 13.2 Å². The summed E-state index contributed by atoms with van der Waals surface area (Å²) in [4.78, 5) is 0. The molecule has 0 aromatic heterocycles. The minimum Gasteiger partial charge on any atom is -0.493 e. The van der Waals surface area contributed by atoms with Gasteiger partial charge in [0.15, 0.2) is 11.5 Å². The minimum absolute atomic E-state index is 0. The van der Waals surface area contributed by atoms with E-state index in [2.05, 4.69) is 5.32 Å². The van der Waals surface area contributed by atoms with Crippen molar-refractivity contribution in [3.05, 3.63) is 58.6 Å². The standard InChI is InChI=1S/C20H24ClNO2.ClH/c1-23-19-12-16(13-22-17-9-5-6-10-17)11-18(21)20(19)24-14-15-7-3-2-4-8-15;/h2-4,7-8,11-12,17,22H,5-6,9-10,13-14H2,1H3;1H. The van der Waals surface area contributed by atoms with Crippen LogP contribution in [0.2, 0.25) is 5.02 Å². The molecule has 0 atom stereocenters. The zero-order chi connectivity index (χ0) is 16.8. The van der Waals surface area contributed by atoms with Gasteiger partial charge in [-0.2, -0.15) is 0 Å². The van der Waals surface area contributed by atoms with Crippen molar-refractivity contribution in [2.24, 2.45) is 0 Å². The predicted octanol–water partition coefficient (Wildman–Crippen LogP) is 5.38. The van der Waals surface area contributed by atoms with E-state index in [1.807, 2.05) is 42.5 Å². The first-order valence-electron chi connectivity index (χ1n) is 8.53. The molecule has 1 fully saturated rings. The predicted molar refractivity (Wildman–Crippen MR) is 105 cm³/mol. The lowest BCUT2D eigenvalue weighted by molar-refractivity contribution is 0.284. The van der Waals surface area contributed by atoms with Gasteiger partial charge in [0.05, 0.1) is 12.1 Å². The van der Waals surface area contributed by atoms with Gasteiger partial charge in [0.25, 0.3) is 0 Å². The number of halogens is 2. The third-order valence-electron chi connectivity index (χ3n) is 4.47. The lowest BCUT2D eigenvalue weighted by Gasteiger charge is -2.16. The highest BCUT2D eigenvalue weighted by atomic mass is 35.5. The second-order valence-corrected chi connectivity index (χ2v) is 6.65. The molecule has 1 N–H and O–H groups in total. The summed E-state index contributed by atoms with van der Waals surface area (Å²) >= 11 is 6.44. The van der Waals surface area contributed by atoms with Crippen molar-refractivity contribution in [3.63, 3.8) is 0 Å². The molecule has 136 valence electrons. The SMILES string of the molecule is COc1cc(CNC2CCCC2)cc(Cl)c1OCc1ccccc1.Cl. The van der Waals surface area contributed by atoms with Crippen LogP contribution in [0.3, 0.4) is 0 Å². The summed E-state index contributed by atoms with van der Waals surface area (Å²) < 4.78 is 11.4. The minimum atomic E-state index is 0. The van der Waals surface area contributed by atoms with Crippen molar-refractivity contribution in [1.29, 1.82) is 0 Å². The van der Waals surface area contributed by atoms with Gasteiger partial charge in [0.2, 0.25) is 0 Å². The molecule has 0 heterocycles. The zero-order valence-corrected chi connectivity index (χ0v) is 16.0. The maximum Gasteiger partial charge on any atom is 0.180 e. The topological polar surface area (TPSA) is 30.5 Å². The van der Waals surface area contributed by atoms with Crippen LogP contribution in [0.15, 0.2) is 42.5 Å². The molecule has 0 spiro atoms. The smallest absolute Gasteiger partial charge is 0.180 e. The molecule has 2 aromatic rings. The number of methoxy groups -OCH3 is 1. The third kappa shape index (κ3) is 5.53. The van der Waals surface area contributed by atoms with Gasteiger partial charge >= 0.3 is 0 Å². The number of benzene rings is 2. The molecule has 0 radical (unpaired) electrons. The Hall–Kier alpha value is -1.42. The molecule has 0 bridgehead atoms. The van der Waals surface area contributed by atoms with Crippen LogP contribution >= 0.6 is 24.0 Å². The van der Waals surface area contributed by atoms with E-state index in [9.17, 15) is 0 Å². The van der Waals surface area contributed by atoms with E-state index < -0.39 is 0 Å². The van der Waals surface area contributed by atoms with Crippen LogP contribution in [0.25, 0.3) is 0 Å². The number of rotatable bonds is 7. The molecule has 2 aromatic carbocycles. The summed E-state index contributed by atoms with van der Waals surface area (Å²) in [6.45, 7) is 1.27. The fraction of sp³-hybridized carbons (Fsp3) is 0.400. The Morgan fingerprint density at radius 2 is 1.80 bits per heavy atom.